The molecule has 24 rings (SSSR count). The van der Waals surface area contributed by atoms with Gasteiger partial charge >= 0.3 is 0 Å². The predicted molar refractivity (Wildman–Crippen MR) is 517 cm³/mol. The van der Waals surface area contributed by atoms with Crippen LogP contribution in [0.1, 0.15) is 11.1 Å². The molecule has 6 heteroatoms. The first kappa shape index (κ1) is 73.6. The molecule has 0 spiro atoms. The van der Waals surface area contributed by atoms with Gasteiger partial charge in [-0.15, -0.1) is 0 Å². The van der Waals surface area contributed by atoms with E-state index in [0.717, 1.165) is 139 Å². The summed E-state index contributed by atoms with van der Waals surface area (Å²) in [5, 5.41) is 14.6. The number of benzene rings is 20. The van der Waals surface area contributed by atoms with Crippen molar-refractivity contribution in [3.05, 3.63) is 465 Å². The van der Waals surface area contributed by atoms with E-state index in [1.807, 2.05) is 36.4 Å². The minimum atomic E-state index is 0.670. The van der Waals surface area contributed by atoms with Crippen molar-refractivity contribution < 1.29 is 0 Å². The molecule has 0 aliphatic heterocycles. The summed E-state index contributed by atoms with van der Waals surface area (Å²) in [6.45, 7) is 0. The lowest BCUT2D eigenvalue weighted by atomic mass is 9.91. The molecule has 3 aromatic heterocycles. The molecule has 0 bridgehead atoms. The average molecular weight is 1590 g/mol. The van der Waals surface area contributed by atoms with Gasteiger partial charge in [-0.05, 0) is 201 Å². The van der Waals surface area contributed by atoms with Gasteiger partial charge in [0.2, 0.25) is 0 Å². The Morgan fingerprint density at radius 2 is 0.561 bits per heavy atom. The molecule has 123 heavy (non-hydrogen) atoms. The molecule has 0 saturated heterocycles. The van der Waals surface area contributed by atoms with Crippen molar-refractivity contribution >= 4 is 98.3 Å². The van der Waals surface area contributed by atoms with Crippen LogP contribution in [0.15, 0.2) is 449 Å². The highest BCUT2D eigenvalue weighted by Gasteiger charge is 2.25. The first-order valence-corrected chi connectivity index (χ1v) is 42.2. The Kier molecular flexibility index (Phi) is 19.0. The van der Waals surface area contributed by atoms with Crippen molar-refractivity contribution in [2.24, 2.45) is 0 Å². The van der Waals surface area contributed by atoms with E-state index in [4.69, 9.17) is 31.5 Å². The van der Waals surface area contributed by atoms with Gasteiger partial charge in [0.15, 0.2) is 11.6 Å². The fraction of sp³-hybridized carbons (Fsp3) is 0.00855. The fourth-order valence-corrected chi connectivity index (χ4v) is 18.5. The molecule has 0 amide bonds. The zero-order valence-electron chi connectivity index (χ0n) is 67.0. The number of para-hydroxylation sites is 1. The van der Waals surface area contributed by atoms with Crippen LogP contribution in [-0.2, 0) is 6.42 Å². The van der Waals surface area contributed by atoms with E-state index in [0.29, 0.717) is 16.7 Å². The minimum Gasteiger partial charge on any atom is -0.309 e. The van der Waals surface area contributed by atoms with Crippen LogP contribution >= 0.6 is 11.6 Å². The van der Waals surface area contributed by atoms with E-state index in [2.05, 4.69) is 417 Å². The van der Waals surface area contributed by atoms with Gasteiger partial charge < -0.3 is 4.57 Å². The molecule has 0 unspecified atom stereocenters. The van der Waals surface area contributed by atoms with Crippen molar-refractivity contribution in [3.63, 3.8) is 0 Å². The Hall–Kier alpha value is -15.8. The van der Waals surface area contributed by atoms with Crippen LogP contribution < -0.4 is 0 Å². The second-order valence-corrected chi connectivity index (χ2v) is 32.0. The van der Waals surface area contributed by atoms with E-state index in [-0.39, 0.29) is 0 Å². The van der Waals surface area contributed by atoms with Gasteiger partial charge in [-0.2, -0.15) is 0 Å². The van der Waals surface area contributed by atoms with Crippen LogP contribution in [0, 0.1) is 0 Å². The molecule has 0 N–H and O–H groups in total. The standard InChI is InChI=1S/C58H37N3.C42H27ClN2.C17H12/c1-4-16-38(17-5-1)39-28-30-42(31-29-39)57-52-36-49(40-18-6-2-7-19-40)50(41-20-8-3-9-21-41)37-53(52)59-58(60-57)48-32-33-55(46-25-13-12-24-45(46)48)61-54-27-15-14-26-47(54)51-34-43-22-10-11-23-44(43)35-56(51)61;43-39-25-24-35(33-18-10-11-19-34(33)39)42-44-40-27-37(31-16-8-3-9-17-31)36(30-14-6-2-7-15-30)26-38(40)41(45-42)32-22-20-29(21-23-32)28-12-4-1-5-13-28;1-2-6-13-11-17-15(9-12(13)5-1)10-14-7-3-4-8-16(14)17/h1-37H;1-27H;1-9,11H,10H2. The molecule has 23 aromatic rings. The number of hydrogen-bond donors (Lipinski definition) is 0. The maximum Gasteiger partial charge on any atom is 0.161 e. The highest BCUT2D eigenvalue weighted by Crippen LogP contribution is 2.46. The van der Waals surface area contributed by atoms with E-state index >= 15 is 0 Å². The molecule has 576 valence electrons. The third kappa shape index (κ3) is 13.9. The van der Waals surface area contributed by atoms with Gasteiger partial charge in [0.1, 0.15) is 0 Å². The number of hydrogen-bond acceptors (Lipinski definition) is 4. The molecule has 3 heterocycles. The lowest BCUT2D eigenvalue weighted by Gasteiger charge is -2.17. The van der Waals surface area contributed by atoms with Crippen molar-refractivity contribution in [3.8, 4) is 129 Å². The molecule has 1 aliphatic carbocycles. The van der Waals surface area contributed by atoms with Crippen LogP contribution in [0.3, 0.4) is 0 Å². The van der Waals surface area contributed by atoms with Gasteiger partial charge in [0.25, 0.3) is 0 Å². The summed E-state index contributed by atoms with van der Waals surface area (Å²) in [6.07, 6.45) is 1.08. The summed E-state index contributed by atoms with van der Waals surface area (Å²) in [4.78, 5) is 21.6. The Morgan fingerprint density at radius 3 is 1.07 bits per heavy atom. The van der Waals surface area contributed by atoms with Crippen LogP contribution in [0.25, 0.3) is 216 Å². The van der Waals surface area contributed by atoms with Gasteiger partial charge in [-0.3, -0.25) is 0 Å². The van der Waals surface area contributed by atoms with Crippen LogP contribution in [0.4, 0.5) is 0 Å². The highest BCUT2D eigenvalue weighted by atomic mass is 35.5. The number of nitrogens with zero attached hydrogens (tertiary/aromatic N) is 5. The number of fused-ring (bicyclic) bond motifs is 12. The number of rotatable bonds is 11. The maximum absolute atomic E-state index is 6.63. The quantitative estimate of drug-likeness (QED) is 0.129. The van der Waals surface area contributed by atoms with Crippen molar-refractivity contribution in [1.82, 2.24) is 24.5 Å². The second-order valence-electron chi connectivity index (χ2n) is 31.6. The van der Waals surface area contributed by atoms with E-state index < -0.39 is 0 Å². The molecular weight excluding hydrogens is 1510 g/mol. The van der Waals surface area contributed by atoms with Gasteiger partial charge in [0.05, 0.1) is 39.1 Å². The third-order valence-electron chi connectivity index (χ3n) is 24.2. The molecule has 5 nitrogen and oxygen atoms in total. The fourth-order valence-electron chi connectivity index (χ4n) is 18.2. The van der Waals surface area contributed by atoms with Gasteiger partial charge in [0, 0.05) is 59.6 Å². The zero-order chi connectivity index (χ0) is 81.7. The summed E-state index contributed by atoms with van der Waals surface area (Å²) < 4.78 is 2.43. The lowest BCUT2D eigenvalue weighted by molar-refractivity contribution is 1.19. The summed E-state index contributed by atoms with van der Waals surface area (Å²) in [7, 11) is 0. The lowest BCUT2D eigenvalue weighted by Crippen LogP contribution is -2.00. The summed E-state index contributed by atoms with van der Waals surface area (Å²) in [5.74, 6) is 1.36. The van der Waals surface area contributed by atoms with E-state index in [1.165, 1.54) is 82.3 Å². The highest BCUT2D eigenvalue weighted by molar-refractivity contribution is 6.36. The van der Waals surface area contributed by atoms with Crippen LogP contribution in [0.5, 0.6) is 0 Å². The normalized spacial score (nSPS) is 11.6. The van der Waals surface area contributed by atoms with E-state index in [1.54, 1.807) is 0 Å². The van der Waals surface area contributed by atoms with Gasteiger partial charge in [-0.25, -0.2) is 19.9 Å². The summed E-state index contributed by atoms with van der Waals surface area (Å²) in [6, 6.07) is 159. The number of aromatic nitrogens is 5. The molecule has 0 radical (unpaired) electrons. The van der Waals surface area contributed by atoms with Crippen LogP contribution in [-0.4, -0.2) is 24.5 Å². The third-order valence-corrected chi connectivity index (χ3v) is 24.6. The summed E-state index contributed by atoms with van der Waals surface area (Å²) in [5.41, 5.74) is 30.7. The monoisotopic (exact) mass is 1590 g/mol. The van der Waals surface area contributed by atoms with Crippen LogP contribution in [0.2, 0.25) is 5.02 Å². The molecule has 0 saturated carbocycles. The molecular formula is C117H76ClN5. The van der Waals surface area contributed by atoms with Crippen molar-refractivity contribution in [2.75, 3.05) is 0 Å². The Balaban J connectivity index is 0.000000126. The SMILES string of the molecule is Clc1ccc(-c2nc(-c3ccc(-c4ccccc4)cc3)c3cc(-c4ccccc4)c(-c4ccccc4)cc3n2)c2ccccc12.c1ccc(-c2ccc(-c3nc(-c4ccc(-n5c6ccccc6c6cc7ccccc7cc65)c5ccccc45)nc4cc(-c5ccccc5)c(-c5ccccc5)cc34)cc2)cc1.c1ccc2c(c1)Cc1cc3ccccc3cc1-2. The maximum atomic E-state index is 6.63. The van der Waals surface area contributed by atoms with E-state index in [9.17, 15) is 0 Å². The average Bonchev–Trinajstić information content (AvgIpc) is 1.70. The molecule has 1 aliphatic rings. The Bertz CT molecular complexity index is 7980. The Morgan fingerprint density at radius 1 is 0.195 bits per heavy atom. The second kappa shape index (κ2) is 31.8. The van der Waals surface area contributed by atoms with Gasteiger partial charge in [-0.1, -0.05) is 388 Å². The number of halogens is 1. The van der Waals surface area contributed by atoms with Crippen molar-refractivity contribution in [1.29, 1.82) is 0 Å². The topological polar surface area (TPSA) is 56.5 Å². The first-order valence-electron chi connectivity index (χ1n) is 41.9. The largest absolute Gasteiger partial charge is 0.309 e. The Labute approximate surface area is 718 Å². The zero-order valence-corrected chi connectivity index (χ0v) is 67.8. The van der Waals surface area contributed by atoms with Crippen molar-refractivity contribution in [2.45, 2.75) is 6.42 Å². The smallest absolute Gasteiger partial charge is 0.161 e. The minimum absolute atomic E-state index is 0.670. The summed E-state index contributed by atoms with van der Waals surface area (Å²) >= 11 is 6.63. The first-order chi connectivity index (χ1) is 60.9. The molecule has 0 fully saturated rings. The predicted octanol–water partition coefficient (Wildman–Crippen LogP) is 31.6. The molecule has 0 atom stereocenters. The molecule has 20 aromatic carbocycles.